The van der Waals surface area contributed by atoms with Crippen molar-refractivity contribution in [2.45, 2.75) is 52.9 Å². The average molecular weight is 276 g/mol. The van der Waals surface area contributed by atoms with E-state index in [9.17, 15) is 10.1 Å². The highest BCUT2D eigenvalue weighted by molar-refractivity contribution is 7.16. The molecule has 1 aliphatic carbocycles. The second-order valence-electron chi connectivity index (χ2n) is 6.31. The van der Waals surface area contributed by atoms with Crippen molar-refractivity contribution in [3.8, 4) is 6.07 Å². The maximum Gasteiger partial charge on any atom is 0.225 e. The zero-order valence-electron chi connectivity index (χ0n) is 11.8. The lowest BCUT2D eigenvalue weighted by molar-refractivity contribution is -0.117. The monoisotopic (exact) mass is 276 g/mol. The number of nitrogens with zero attached hydrogens (tertiary/aromatic N) is 1. The van der Waals surface area contributed by atoms with Crippen molar-refractivity contribution >= 4 is 22.2 Å². The molecule has 0 unspecified atom stereocenters. The topological polar surface area (TPSA) is 52.9 Å². The van der Waals surface area contributed by atoms with Gasteiger partial charge < -0.3 is 5.32 Å². The molecule has 0 fully saturated rings. The zero-order chi connectivity index (χ0) is 14.0. The second-order valence-corrected chi connectivity index (χ2v) is 7.42. The summed E-state index contributed by atoms with van der Waals surface area (Å²) in [5.74, 6) is 0.00240. The number of nitrogens with one attached hydrogen (secondary N) is 1. The first-order valence-electron chi connectivity index (χ1n) is 6.75. The molecule has 4 heteroatoms. The molecule has 1 N–H and O–H groups in total. The van der Waals surface area contributed by atoms with Gasteiger partial charge >= 0.3 is 0 Å². The molecule has 0 bridgehead atoms. The molecule has 3 nitrogen and oxygen atoms in total. The Bertz CT molecular complexity index is 532. The van der Waals surface area contributed by atoms with E-state index >= 15 is 0 Å². The first kappa shape index (κ1) is 14.1. The fourth-order valence-corrected chi connectivity index (χ4v) is 3.68. The van der Waals surface area contributed by atoms with E-state index in [0.29, 0.717) is 12.0 Å². The molecule has 1 heterocycles. The Morgan fingerprint density at radius 3 is 2.68 bits per heavy atom. The smallest absolute Gasteiger partial charge is 0.225 e. The lowest BCUT2D eigenvalue weighted by atomic mass is 9.92. The summed E-state index contributed by atoms with van der Waals surface area (Å²) in [4.78, 5) is 13.3. The SMILES string of the molecule is CC(C)(C)CC(=O)Nc1sc2c(c1C#N)CCCC2. The number of hydrogen-bond acceptors (Lipinski definition) is 3. The van der Waals surface area contributed by atoms with Gasteiger partial charge in [-0.1, -0.05) is 20.8 Å². The molecule has 1 aromatic rings. The van der Waals surface area contributed by atoms with Gasteiger partial charge in [-0.25, -0.2) is 0 Å². The number of carbonyl (C=O) groups is 1. The van der Waals surface area contributed by atoms with Crippen LogP contribution < -0.4 is 5.32 Å². The third-order valence-corrected chi connectivity index (χ3v) is 4.43. The molecule has 0 atom stereocenters. The summed E-state index contributed by atoms with van der Waals surface area (Å²) in [7, 11) is 0. The van der Waals surface area contributed by atoms with Crippen LogP contribution in [0.2, 0.25) is 0 Å². The predicted octanol–water partition coefficient (Wildman–Crippen LogP) is 3.87. The van der Waals surface area contributed by atoms with Crippen molar-refractivity contribution in [3.05, 3.63) is 16.0 Å². The summed E-state index contributed by atoms with van der Waals surface area (Å²) >= 11 is 1.59. The number of thiophene rings is 1. The van der Waals surface area contributed by atoms with Crippen molar-refractivity contribution in [3.63, 3.8) is 0 Å². The molecular weight excluding hydrogens is 256 g/mol. The molecule has 0 aliphatic heterocycles. The number of hydrogen-bond donors (Lipinski definition) is 1. The molecular formula is C15H20N2OS. The normalized spacial score (nSPS) is 14.6. The molecule has 102 valence electrons. The Hall–Kier alpha value is -1.34. The molecule has 0 saturated heterocycles. The van der Waals surface area contributed by atoms with Crippen LogP contribution in [0.4, 0.5) is 5.00 Å². The van der Waals surface area contributed by atoms with Crippen molar-refractivity contribution in [2.75, 3.05) is 5.32 Å². The number of rotatable bonds is 2. The van der Waals surface area contributed by atoms with Crippen molar-refractivity contribution in [1.82, 2.24) is 0 Å². The van der Waals surface area contributed by atoms with Gasteiger partial charge in [0.1, 0.15) is 11.1 Å². The van der Waals surface area contributed by atoms with Gasteiger partial charge in [0.15, 0.2) is 0 Å². The van der Waals surface area contributed by atoms with Crippen LogP contribution in [0.1, 0.15) is 56.0 Å². The average Bonchev–Trinajstić information content (AvgIpc) is 2.63. The van der Waals surface area contributed by atoms with E-state index < -0.39 is 0 Å². The van der Waals surface area contributed by atoms with Crippen LogP contribution in [0, 0.1) is 16.7 Å². The first-order valence-corrected chi connectivity index (χ1v) is 7.57. The first-order chi connectivity index (χ1) is 8.90. The fourth-order valence-electron chi connectivity index (χ4n) is 2.42. The minimum absolute atomic E-state index is 0.00240. The Morgan fingerprint density at radius 2 is 2.05 bits per heavy atom. The molecule has 0 spiro atoms. The third kappa shape index (κ3) is 3.36. The van der Waals surface area contributed by atoms with E-state index in [1.165, 1.54) is 16.9 Å². The van der Waals surface area contributed by atoms with Crippen molar-refractivity contribution in [2.24, 2.45) is 5.41 Å². The van der Waals surface area contributed by atoms with Crippen molar-refractivity contribution < 1.29 is 4.79 Å². The van der Waals surface area contributed by atoms with Crippen molar-refractivity contribution in [1.29, 1.82) is 5.26 Å². The lowest BCUT2D eigenvalue weighted by Gasteiger charge is -2.16. The summed E-state index contributed by atoms with van der Waals surface area (Å²) in [5.41, 5.74) is 1.83. The Kier molecular flexibility index (Phi) is 3.96. The quantitative estimate of drug-likeness (QED) is 0.891. The van der Waals surface area contributed by atoms with Gasteiger partial charge in [-0.3, -0.25) is 4.79 Å². The van der Waals surface area contributed by atoms with Gasteiger partial charge in [-0.05, 0) is 36.7 Å². The van der Waals surface area contributed by atoms with Gasteiger partial charge in [0.2, 0.25) is 5.91 Å². The van der Waals surface area contributed by atoms with Crippen LogP contribution in [0.15, 0.2) is 0 Å². The Morgan fingerprint density at radius 1 is 1.37 bits per heavy atom. The standard InChI is InChI=1S/C15H20N2OS/c1-15(2,3)8-13(18)17-14-11(9-16)10-6-4-5-7-12(10)19-14/h4-8H2,1-3H3,(H,17,18). The van der Waals surface area contributed by atoms with Crippen LogP contribution in [-0.2, 0) is 17.6 Å². The highest BCUT2D eigenvalue weighted by atomic mass is 32.1. The van der Waals surface area contributed by atoms with E-state index in [-0.39, 0.29) is 11.3 Å². The lowest BCUT2D eigenvalue weighted by Crippen LogP contribution is -2.19. The highest BCUT2D eigenvalue weighted by Gasteiger charge is 2.23. The van der Waals surface area contributed by atoms with Crippen LogP contribution in [0.5, 0.6) is 0 Å². The fraction of sp³-hybridized carbons (Fsp3) is 0.600. The van der Waals surface area contributed by atoms with Crippen LogP contribution in [-0.4, -0.2) is 5.91 Å². The molecule has 0 saturated carbocycles. The number of fused-ring (bicyclic) bond motifs is 1. The minimum Gasteiger partial charge on any atom is -0.317 e. The van der Waals surface area contributed by atoms with E-state index in [4.69, 9.17) is 0 Å². The van der Waals surface area contributed by atoms with E-state index in [1.807, 2.05) is 20.8 Å². The summed E-state index contributed by atoms with van der Waals surface area (Å²) < 4.78 is 0. The molecule has 2 rings (SSSR count). The number of anilines is 1. The minimum atomic E-state index is -0.0340. The molecule has 0 radical (unpaired) electrons. The van der Waals surface area contributed by atoms with Gasteiger partial charge in [-0.15, -0.1) is 11.3 Å². The molecule has 19 heavy (non-hydrogen) atoms. The highest BCUT2D eigenvalue weighted by Crippen LogP contribution is 2.37. The van der Waals surface area contributed by atoms with E-state index in [1.54, 1.807) is 11.3 Å². The van der Waals surface area contributed by atoms with E-state index in [2.05, 4.69) is 11.4 Å². The van der Waals surface area contributed by atoms with Gasteiger partial charge in [0, 0.05) is 11.3 Å². The van der Waals surface area contributed by atoms with Gasteiger partial charge in [0.05, 0.1) is 5.56 Å². The number of amides is 1. The Balaban J connectivity index is 2.19. The summed E-state index contributed by atoms with van der Waals surface area (Å²) in [6.45, 7) is 6.12. The molecule has 0 aromatic carbocycles. The van der Waals surface area contributed by atoms with Crippen LogP contribution >= 0.6 is 11.3 Å². The zero-order valence-corrected chi connectivity index (χ0v) is 12.6. The molecule has 1 amide bonds. The molecule has 1 aliphatic rings. The summed E-state index contributed by atoms with van der Waals surface area (Å²) in [5, 5.41) is 13.0. The number of carbonyl (C=O) groups excluding carboxylic acids is 1. The van der Waals surface area contributed by atoms with E-state index in [0.717, 1.165) is 24.3 Å². The number of nitriles is 1. The largest absolute Gasteiger partial charge is 0.317 e. The number of aryl methyl sites for hydroxylation is 1. The Labute approximate surface area is 118 Å². The summed E-state index contributed by atoms with van der Waals surface area (Å²) in [6, 6.07) is 2.27. The van der Waals surface area contributed by atoms with Gasteiger partial charge in [0.25, 0.3) is 0 Å². The summed E-state index contributed by atoms with van der Waals surface area (Å²) in [6.07, 6.45) is 4.83. The second kappa shape index (κ2) is 5.34. The maximum atomic E-state index is 12.0. The predicted molar refractivity (Wildman–Crippen MR) is 78.4 cm³/mol. The van der Waals surface area contributed by atoms with Crippen LogP contribution in [0.3, 0.4) is 0 Å². The third-order valence-electron chi connectivity index (χ3n) is 3.23. The molecule has 1 aromatic heterocycles. The van der Waals surface area contributed by atoms with Gasteiger partial charge in [-0.2, -0.15) is 5.26 Å². The maximum absolute atomic E-state index is 12.0. The van der Waals surface area contributed by atoms with Crippen LogP contribution in [0.25, 0.3) is 0 Å².